The van der Waals surface area contributed by atoms with Crippen molar-refractivity contribution in [2.24, 2.45) is 0 Å². The van der Waals surface area contributed by atoms with E-state index in [0.29, 0.717) is 0 Å². The molecule has 88 valence electrons. The lowest BCUT2D eigenvalue weighted by molar-refractivity contribution is 0.0647. The fraction of sp³-hybridized carbons (Fsp3) is 0.500. The van der Waals surface area contributed by atoms with Crippen molar-refractivity contribution in [1.82, 2.24) is 9.80 Å². The molecule has 1 aromatic rings. The first-order valence-electron chi connectivity index (χ1n) is 5.67. The maximum Gasteiger partial charge on any atom is 0.115 e. The van der Waals surface area contributed by atoms with Crippen LogP contribution in [-0.4, -0.2) is 59.3 Å². The Balaban J connectivity index is 0.000000120. The molecule has 0 amide bonds. The molecular weight excluding hydrogens is 204 g/mol. The van der Waals surface area contributed by atoms with Crippen molar-refractivity contribution in [3.05, 3.63) is 24.3 Å². The quantitative estimate of drug-likeness (QED) is 0.635. The topological polar surface area (TPSA) is 46.9 Å². The van der Waals surface area contributed by atoms with Crippen LogP contribution in [0.2, 0.25) is 0 Å². The highest BCUT2D eigenvalue weighted by Crippen LogP contribution is 2.13. The monoisotopic (exact) mass is 222 g/mol. The van der Waals surface area contributed by atoms with Gasteiger partial charge in [-0.25, -0.2) is 0 Å². The minimum atomic E-state index is 0.169. The van der Waals surface area contributed by atoms with Crippen molar-refractivity contribution in [3.63, 3.8) is 0 Å². The van der Waals surface area contributed by atoms with Crippen LogP contribution in [0.25, 0.3) is 0 Å². The molecule has 4 nitrogen and oxygen atoms in total. The van der Waals surface area contributed by atoms with Crippen molar-refractivity contribution in [2.75, 3.05) is 39.3 Å². The summed E-state index contributed by atoms with van der Waals surface area (Å²) in [7, 11) is 0. The molecule has 3 fully saturated rings. The molecule has 4 heteroatoms. The number of hydrogen-bond acceptors (Lipinski definition) is 4. The number of nitrogens with zero attached hydrogens (tertiary/aromatic N) is 2. The third-order valence-electron chi connectivity index (χ3n) is 3.05. The minimum absolute atomic E-state index is 0.169. The molecular formula is C12H18N2O2. The summed E-state index contributed by atoms with van der Waals surface area (Å²) in [6.45, 7) is 7.92. The van der Waals surface area contributed by atoms with Gasteiger partial charge in [-0.15, -0.1) is 0 Å². The molecule has 0 aromatic heterocycles. The van der Waals surface area contributed by atoms with Gasteiger partial charge in [0.1, 0.15) is 11.5 Å². The van der Waals surface area contributed by atoms with Crippen LogP contribution in [0.15, 0.2) is 24.3 Å². The number of phenols is 2. The average Bonchev–Trinajstić information content (AvgIpc) is 2.36. The molecule has 0 atom stereocenters. The third-order valence-corrected chi connectivity index (χ3v) is 3.05. The van der Waals surface area contributed by atoms with Gasteiger partial charge in [-0.05, 0) is 24.3 Å². The van der Waals surface area contributed by atoms with Gasteiger partial charge < -0.3 is 10.2 Å². The highest BCUT2D eigenvalue weighted by Gasteiger charge is 2.21. The number of rotatable bonds is 0. The van der Waals surface area contributed by atoms with Crippen LogP contribution < -0.4 is 0 Å². The van der Waals surface area contributed by atoms with Crippen molar-refractivity contribution in [3.8, 4) is 11.5 Å². The SMILES string of the molecule is C1CN2CCN1CC2.Oc1ccc(O)cc1. The maximum atomic E-state index is 8.65. The normalized spacial score (nSPS) is 27.0. The summed E-state index contributed by atoms with van der Waals surface area (Å²) in [6, 6.07) is 5.70. The van der Waals surface area contributed by atoms with Gasteiger partial charge in [-0.3, -0.25) is 9.80 Å². The van der Waals surface area contributed by atoms with Gasteiger partial charge in [0.2, 0.25) is 0 Å². The second-order valence-electron chi connectivity index (χ2n) is 4.20. The standard InChI is InChI=1S/C6H12N2.C6H6O2/c1-2-8-5-3-7(1)4-6-8;7-5-1-2-6(8)4-3-5/h1-6H2;1-4,7-8H. The van der Waals surface area contributed by atoms with E-state index in [0.717, 1.165) is 0 Å². The summed E-state index contributed by atoms with van der Waals surface area (Å²) < 4.78 is 0. The smallest absolute Gasteiger partial charge is 0.115 e. The maximum absolute atomic E-state index is 8.65. The second kappa shape index (κ2) is 5.18. The zero-order chi connectivity index (χ0) is 11.4. The van der Waals surface area contributed by atoms with E-state index in [2.05, 4.69) is 9.80 Å². The van der Waals surface area contributed by atoms with Gasteiger partial charge in [0.25, 0.3) is 0 Å². The van der Waals surface area contributed by atoms with Crippen LogP contribution in [0, 0.1) is 0 Å². The summed E-state index contributed by atoms with van der Waals surface area (Å²) in [4.78, 5) is 5.08. The van der Waals surface area contributed by atoms with E-state index >= 15 is 0 Å². The fourth-order valence-corrected chi connectivity index (χ4v) is 1.97. The van der Waals surface area contributed by atoms with E-state index < -0.39 is 0 Å². The van der Waals surface area contributed by atoms with Gasteiger partial charge in [-0.2, -0.15) is 0 Å². The van der Waals surface area contributed by atoms with Gasteiger partial charge >= 0.3 is 0 Å². The van der Waals surface area contributed by atoms with Gasteiger partial charge in [0.05, 0.1) is 0 Å². The molecule has 3 aliphatic rings. The molecule has 2 N–H and O–H groups in total. The fourth-order valence-electron chi connectivity index (χ4n) is 1.97. The van der Waals surface area contributed by atoms with Crippen LogP contribution in [0.4, 0.5) is 0 Å². The molecule has 16 heavy (non-hydrogen) atoms. The number of fused-ring (bicyclic) bond motifs is 3. The second-order valence-corrected chi connectivity index (χ2v) is 4.20. The Morgan fingerprint density at radius 2 is 0.875 bits per heavy atom. The first kappa shape index (κ1) is 11.2. The lowest BCUT2D eigenvalue weighted by Gasteiger charge is -2.41. The molecule has 0 aliphatic carbocycles. The first-order valence-corrected chi connectivity index (χ1v) is 5.67. The van der Waals surface area contributed by atoms with Gasteiger partial charge in [0.15, 0.2) is 0 Å². The summed E-state index contributed by atoms with van der Waals surface area (Å²) >= 11 is 0. The molecule has 4 rings (SSSR count). The number of piperazine rings is 3. The Hall–Kier alpha value is -1.26. The molecule has 2 bridgehead atoms. The number of hydrogen-bond donors (Lipinski definition) is 2. The molecule has 3 saturated heterocycles. The molecule has 1 aromatic carbocycles. The predicted molar refractivity (Wildman–Crippen MR) is 62.7 cm³/mol. The van der Waals surface area contributed by atoms with E-state index in [1.54, 1.807) is 0 Å². The van der Waals surface area contributed by atoms with E-state index in [1.807, 2.05) is 0 Å². The van der Waals surface area contributed by atoms with Crippen LogP contribution in [-0.2, 0) is 0 Å². The number of aromatic hydroxyl groups is 2. The van der Waals surface area contributed by atoms with Crippen LogP contribution in [0.5, 0.6) is 11.5 Å². The Labute approximate surface area is 95.7 Å². The Morgan fingerprint density at radius 1 is 0.625 bits per heavy atom. The summed E-state index contributed by atoms with van der Waals surface area (Å²) in [5.41, 5.74) is 0. The molecule has 0 spiro atoms. The van der Waals surface area contributed by atoms with E-state index in [-0.39, 0.29) is 11.5 Å². The zero-order valence-corrected chi connectivity index (χ0v) is 9.34. The molecule has 0 radical (unpaired) electrons. The summed E-state index contributed by atoms with van der Waals surface area (Å²) in [6.07, 6.45) is 0. The van der Waals surface area contributed by atoms with Gasteiger partial charge in [-0.1, -0.05) is 0 Å². The summed E-state index contributed by atoms with van der Waals surface area (Å²) in [5.74, 6) is 0.339. The largest absolute Gasteiger partial charge is 0.508 e. The van der Waals surface area contributed by atoms with Crippen LogP contribution >= 0.6 is 0 Å². The van der Waals surface area contributed by atoms with Crippen molar-refractivity contribution in [1.29, 1.82) is 0 Å². The first-order chi connectivity index (χ1) is 7.74. The van der Waals surface area contributed by atoms with Crippen molar-refractivity contribution >= 4 is 0 Å². The van der Waals surface area contributed by atoms with Crippen molar-refractivity contribution < 1.29 is 10.2 Å². The van der Waals surface area contributed by atoms with Crippen LogP contribution in [0.3, 0.4) is 0 Å². The highest BCUT2D eigenvalue weighted by molar-refractivity contribution is 5.28. The zero-order valence-electron chi connectivity index (χ0n) is 9.34. The number of benzene rings is 1. The minimum Gasteiger partial charge on any atom is -0.508 e. The summed E-state index contributed by atoms with van der Waals surface area (Å²) in [5, 5.41) is 17.3. The lowest BCUT2D eigenvalue weighted by atomic mass is 10.2. The van der Waals surface area contributed by atoms with E-state index in [4.69, 9.17) is 10.2 Å². The molecule has 3 heterocycles. The Kier molecular flexibility index (Phi) is 3.64. The molecule has 3 aliphatic heterocycles. The van der Waals surface area contributed by atoms with Gasteiger partial charge in [0, 0.05) is 39.3 Å². The molecule has 0 unspecified atom stereocenters. The third kappa shape index (κ3) is 3.12. The van der Waals surface area contributed by atoms with E-state index in [9.17, 15) is 0 Å². The average molecular weight is 222 g/mol. The highest BCUT2D eigenvalue weighted by atomic mass is 16.3. The lowest BCUT2D eigenvalue weighted by Crippen LogP contribution is -2.55. The molecule has 0 saturated carbocycles. The number of phenolic OH excluding ortho intramolecular Hbond substituents is 2. The predicted octanol–water partition coefficient (Wildman–Crippen LogP) is 0.715. The Morgan fingerprint density at radius 3 is 1.06 bits per heavy atom. The van der Waals surface area contributed by atoms with E-state index in [1.165, 1.54) is 63.5 Å². The van der Waals surface area contributed by atoms with Crippen molar-refractivity contribution in [2.45, 2.75) is 0 Å². The Bertz CT molecular complexity index is 274. The van der Waals surface area contributed by atoms with Crippen LogP contribution in [0.1, 0.15) is 0 Å².